The molecule has 1 heterocycles. The number of carbonyl (C=O) groups is 2. The molecule has 108 valence electrons. The third-order valence-corrected chi connectivity index (χ3v) is 4.96. The second kappa shape index (κ2) is 5.41. The standard InChI is InChI=1S/C12H12ClNO5S/c1-19-12(16)8-2-4-9(5-3-8)14-7-10(6-11(14)15)20(13,17)18/h2-5,10H,6-7H2,1H3. The number of benzene rings is 1. The lowest BCUT2D eigenvalue weighted by molar-refractivity contribution is -0.117. The number of anilines is 1. The SMILES string of the molecule is COC(=O)c1ccc(N2CC(S(=O)(=O)Cl)CC2=O)cc1. The van der Waals surface area contributed by atoms with Crippen LogP contribution in [0.5, 0.6) is 0 Å². The van der Waals surface area contributed by atoms with Gasteiger partial charge in [0.25, 0.3) is 0 Å². The van der Waals surface area contributed by atoms with E-state index in [-0.39, 0.29) is 18.9 Å². The summed E-state index contributed by atoms with van der Waals surface area (Å²) < 4.78 is 27.1. The van der Waals surface area contributed by atoms with Gasteiger partial charge in [0, 0.05) is 29.3 Å². The van der Waals surface area contributed by atoms with E-state index in [1.165, 1.54) is 24.1 Å². The van der Waals surface area contributed by atoms with E-state index in [0.29, 0.717) is 11.3 Å². The minimum Gasteiger partial charge on any atom is -0.465 e. The fourth-order valence-electron chi connectivity index (χ4n) is 2.01. The molecule has 0 saturated carbocycles. The van der Waals surface area contributed by atoms with Crippen molar-refractivity contribution >= 4 is 37.3 Å². The van der Waals surface area contributed by atoms with Gasteiger partial charge in [0.2, 0.25) is 15.0 Å². The molecule has 1 aromatic carbocycles. The first-order chi connectivity index (χ1) is 9.32. The molecule has 8 heteroatoms. The highest BCUT2D eigenvalue weighted by atomic mass is 35.7. The number of esters is 1. The van der Waals surface area contributed by atoms with Gasteiger partial charge in [-0.15, -0.1) is 0 Å². The minimum absolute atomic E-state index is 0.0161. The molecular weight excluding hydrogens is 306 g/mol. The molecule has 1 aliphatic rings. The molecule has 1 aliphatic heterocycles. The number of methoxy groups -OCH3 is 1. The third kappa shape index (κ3) is 2.94. The molecular formula is C12H12ClNO5S. The summed E-state index contributed by atoms with van der Waals surface area (Å²) >= 11 is 0. The van der Waals surface area contributed by atoms with E-state index >= 15 is 0 Å². The highest BCUT2D eigenvalue weighted by molar-refractivity contribution is 8.14. The van der Waals surface area contributed by atoms with Gasteiger partial charge in [0.1, 0.15) is 5.25 Å². The Balaban J connectivity index is 2.21. The Labute approximate surface area is 120 Å². The van der Waals surface area contributed by atoms with Crippen molar-refractivity contribution in [1.29, 1.82) is 0 Å². The van der Waals surface area contributed by atoms with Crippen molar-refractivity contribution in [2.24, 2.45) is 0 Å². The van der Waals surface area contributed by atoms with Gasteiger partial charge in [-0.05, 0) is 24.3 Å². The van der Waals surface area contributed by atoms with Crippen LogP contribution >= 0.6 is 10.7 Å². The van der Waals surface area contributed by atoms with E-state index < -0.39 is 20.3 Å². The molecule has 1 aromatic rings. The lowest BCUT2D eigenvalue weighted by Crippen LogP contribution is -2.26. The summed E-state index contributed by atoms with van der Waals surface area (Å²) in [6.45, 7) is 0.0161. The van der Waals surface area contributed by atoms with Crippen LogP contribution in [-0.4, -0.2) is 39.2 Å². The Kier molecular flexibility index (Phi) is 4.01. The molecule has 1 saturated heterocycles. The normalized spacial score (nSPS) is 19.2. The van der Waals surface area contributed by atoms with Gasteiger partial charge >= 0.3 is 5.97 Å². The molecule has 0 spiro atoms. The monoisotopic (exact) mass is 317 g/mol. The fourth-order valence-corrected chi connectivity index (χ4v) is 3.04. The van der Waals surface area contributed by atoms with Crippen LogP contribution in [0.1, 0.15) is 16.8 Å². The summed E-state index contributed by atoms with van der Waals surface area (Å²) in [4.78, 5) is 24.5. The van der Waals surface area contributed by atoms with Crippen molar-refractivity contribution < 1.29 is 22.7 Å². The highest BCUT2D eigenvalue weighted by Crippen LogP contribution is 2.26. The molecule has 1 amide bonds. The molecule has 0 bridgehead atoms. The summed E-state index contributed by atoms with van der Waals surface area (Å²) in [5.41, 5.74) is 0.870. The molecule has 0 aromatic heterocycles. The van der Waals surface area contributed by atoms with Crippen molar-refractivity contribution in [1.82, 2.24) is 0 Å². The molecule has 1 unspecified atom stereocenters. The fraction of sp³-hybridized carbons (Fsp3) is 0.333. The van der Waals surface area contributed by atoms with Crippen LogP contribution in [0, 0.1) is 0 Å². The van der Waals surface area contributed by atoms with Crippen molar-refractivity contribution in [2.45, 2.75) is 11.7 Å². The summed E-state index contributed by atoms with van der Waals surface area (Å²) in [5.74, 6) is -0.796. The zero-order valence-electron chi connectivity index (χ0n) is 10.6. The third-order valence-electron chi connectivity index (χ3n) is 3.09. The van der Waals surface area contributed by atoms with Crippen LogP contribution in [0.15, 0.2) is 24.3 Å². The minimum atomic E-state index is -3.77. The van der Waals surface area contributed by atoms with Gasteiger partial charge in [-0.3, -0.25) is 4.79 Å². The van der Waals surface area contributed by atoms with Gasteiger partial charge < -0.3 is 9.64 Å². The summed E-state index contributed by atoms with van der Waals surface area (Å²) in [5, 5.41) is -0.906. The maximum Gasteiger partial charge on any atom is 0.337 e. The molecule has 0 radical (unpaired) electrons. The number of hydrogen-bond donors (Lipinski definition) is 0. The Bertz CT molecular complexity index is 640. The molecule has 6 nitrogen and oxygen atoms in total. The predicted molar refractivity (Wildman–Crippen MR) is 73.3 cm³/mol. The van der Waals surface area contributed by atoms with E-state index in [0.717, 1.165) is 0 Å². The lowest BCUT2D eigenvalue weighted by Gasteiger charge is -2.16. The maximum atomic E-state index is 11.8. The molecule has 20 heavy (non-hydrogen) atoms. The number of carbonyl (C=O) groups excluding carboxylic acids is 2. The highest BCUT2D eigenvalue weighted by Gasteiger charge is 2.37. The average Bonchev–Trinajstić information content (AvgIpc) is 2.80. The average molecular weight is 318 g/mol. The predicted octanol–water partition coefficient (Wildman–Crippen LogP) is 1.15. The Hall–Kier alpha value is -1.60. The van der Waals surface area contributed by atoms with E-state index in [4.69, 9.17) is 10.7 Å². The van der Waals surface area contributed by atoms with E-state index in [1.54, 1.807) is 12.1 Å². The van der Waals surface area contributed by atoms with Crippen LogP contribution in [0.2, 0.25) is 0 Å². The van der Waals surface area contributed by atoms with Crippen LogP contribution in [0.4, 0.5) is 5.69 Å². The first kappa shape index (κ1) is 14.8. The molecule has 1 atom stereocenters. The Morgan fingerprint density at radius 3 is 2.40 bits per heavy atom. The maximum absolute atomic E-state index is 11.8. The van der Waals surface area contributed by atoms with Crippen LogP contribution < -0.4 is 4.90 Å². The van der Waals surface area contributed by atoms with Gasteiger partial charge in [-0.1, -0.05) is 0 Å². The summed E-state index contributed by atoms with van der Waals surface area (Å²) in [7, 11) is 2.78. The number of nitrogens with zero attached hydrogens (tertiary/aromatic N) is 1. The smallest absolute Gasteiger partial charge is 0.337 e. The zero-order chi connectivity index (χ0) is 14.9. The lowest BCUT2D eigenvalue weighted by atomic mass is 10.2. The number of amides is 1. The molecule has 0 N–H and O–H groups in total. The van der Waals surface area contributed by atoms with Gasteiger partial charge in [-0.2, -0.15) is 0 Å². The first-order valence-electron chi connectivity index (χ1n) is 5.75. The second-order valence-electron chi connectivity index (χ2n) is 4.34. The largest absolute Gasteiger partial charge is 0.465 e. The van der Waals surface area contributed by atoms with Crippen LogP contribution in [0.25, 0.3) is 0 Å². The molecule has 0 aliphatic carbocycles. The van der Waals surface area contributed by atoms with Gasteiger partial charge in [0.05, 0.1) is 12.7 Å². The Morgan fingerprint density at radius 2 is 1.95 bits per heavy atom. The number of ether oxygens (including phenoxy) is 1. The van der Waals surface area contributed by atoms with Crippen molar-refractivity contribution in [2.75, 3.05) is 18.6 Å². The molecule has 1 fully saturated rings. The van der Waals surface area contributed by atoms with E-state index in [2.05, 4.69) is 4.74 Å². The second-order valence-corrected chi connectivity index (χ2v) is 7.25. The number of halogens is 1. The van der Waals surface area contributed by atoms with Crippen molar-refractivity contribution in [3.8, 4) is 0 Å². The quantitative estimate of drug-likeness (QED) is 0.617. The van der Waals surface area contributed by atoms with Crippen LogP contribution in [-0.2, 0) is 18.6 Å². The number of hydrogen-bond acceptors (Lipinski definition) is 5. The van der Waals surface area contributed by atoms with Gasteiger partial charge in [0.15, 0.2) is 0 Å². The van der Waals surface area contributed by atoms with E-state index in [1.807, 2.05) is 0 Å². The van der Waals surface area contributed by atoms with Crippen molar-refractivity contribution in [3.63, 3.8) is 0 Å². The zero-order valence-corrected chi connectivity index (χ0v) is 12.1. The number of rotatable bonds is 3. The topological polar surface area (TPSA) is 80.8 Å². The molecule has 2 rings (SSSR count). The van der Waals surface area contributed by atoms with Crippen molar-refractivity contribution in [3.05, 3.63) is 29.8 Å². The summed E-state index contributed by atoms with van der Waals surface area (Å²) in [6.07, 6.45) is -0.134. The van der Waals surface area contributed by atoms with Gasteiger partial charge in [-0.25, -0.2) is 13.2 Å². The van der Waals surface area contributed by atoms with E-state index in [9.17, 15) is 18.0 Å². The first-order valence-corrected chi connectivity index (χ1v) is 8.12. The Morgan fingerprint density at radius 1 is 1.35 bits per heavy atom. The van der Waals surface area contributed by atoms with Crippen LogP contribution in [0.3, 0.4) is 0 Å². The summed E-state index contributed by atoms with van der Waals surface area (Å²) in [6, 6.07) is 6.15.